The Morgan fingerprint density at radius 1 is 1.19 bits per heavy atom. The molecule has 2 aliphatic rings. The molecule has 1 amide bonds. The van der Waals surface area contributed by atoms with Gasteiger partial charge >= 0.3 is 6.09 Å². The number of hydrogen-bond acceptors (Lipinski definition) is 9. The summed E-state index contributed by atoms with van der Waals surface area (Å²) in [4.78, 5) is 17.8. The lowest BCUT2D eigenvalue weighted by atomic mass is 9.86. The highest BCUT2D eigenvalue weighted by atomic mass is 32.1. The molecule has 10 nitrogen and oxygen atoms in total. The van der Waals surface area contributed by atoms with Crippen LogP contribution in [0.2, 0.25) is 0 Å². The molecule has 0 bridgehead atoms. The van der Waals surface area contributed by atoms with E-state index in [1.54, 1.807) is 25.2 Å². The van der Waals surface area contributed by atoms with Crippen molar-refractivity contribution in [3.8, 4) is 16.2 Å². The van der Waals surface area contributed by atoms with Gasteiger partial charge in [0, 0.05) is 53.8 Å². The first-order valence-corrected chi connectivity index (χ1v) is 16.2. The maximum absolute atomic E-state index is 12.0. The molecule has 1 saturated heterocycles. The molecule has 234 valence electrons. The summed E-state index contributed by atoms with van der Waals surface area (Å²) in [5.41, 5.74) is 1.84. The number of carbonyl (C=O) groups excluding carboxylic acids is 1. The van der Waals surface area contributed by atoms with E-state index in [9.17, 15) is 9.90 Å². The molecule has 1 saturated carbocycles. The van der Waals surface area contributed by atoms with E-state index in [1.807, 2.05) is 55.9 Å². The molecule has 43 heavy (non-hydrogen) atoms. The average molecular weight is 612 g/mol. The molecule has 5 rings (SSSR count). The average Bonchev–Trinajstić information content (AvgIpc) is 3.59. The fourth-order valence-electron chi connectivity index (χ4n) is 5.58. The summed E-state index contributed by atoms with van der Waals surface area (Å²) in [5, 5.41) is 22.7. The maximum atomic E-state index is 12.0. The Hall–Kier alpha value is -3.15. The second kappa shape index (κ2) is 13.7. The SMILES string of the molecule is Cc1cc(Nc2ccc(-c3cnc(C4CCC(NC(=O)OC(C)C)CC4)s3)c(OCC(C)(C)O)c2)nn1C1CCCCO1. The van der Waals surface area contributed by atoms with Gasteiger partial charge in [-0.05, 0) is 91.7 Å². The monoisotopic (exact) mass is 611 g/mol. The van der Waals surface area contributed by atoms with E-state index in [2.05, 4.69) is 10.6 Å². The lowest BCUT2D eigenvalue weighted by molar-refractivity contribution is -0.0404. The molecule has 3 heterocycles. The smallest absolute Gasteiger partial charge is 0.407 e. The first-order valence-electron chi connectivity index (χ1n) is 15.4. The van der Waals surface area contributed by atoms with Crippen molar-refractivity contribution in [2.75, 3.05) is 18.5 Å². The van der Waals surface area contributed by atoms with Gasteiger partial charge in [0.05, 0.1) is 21.6 Å². The second-order valence-corrected chi connectivity index (χ2v) is 13.6. The van der Waals surface area contributed by atoms with E-state index in [0.717, 1.165) is 84.2 Å². The molecule has 2 aromatic heterocycles. The number of aryl methyl sites for hydroxylation is 1. The molecular weight excluding hydrogens is 566 g/mol. The molecule has 1 unspecified atom stereocenters. The number of nitrogens with zero attached hydrogens (tertiary/aromatic N) is 3. The third-order valence-electron chi connectivity index (χ3n) is 7.72. The van der Waals surface area contributed by atoms with Crippen molar-refractivity contribution in [2.24, 2.45) is 0 Å². The van der Waals surface area contributed by atoms with Crippen molar-refractivity contribution in [1.29, 1.82) is 0 Å². The molecule has 2 fully saturated rings. The van der Waals surface area contributed by atoms with Gasteiger partial charge < -0.3 is 30.0 Å². The zero-order chi connectivity index (χ0) is 30.6. The predicted octanol–water partition coefficient (Wildman–Crippen LogP) is 7.07. The van der Waals surface area contributed by atoms with Gasteiger partial charge in [0.1, 0.15) is 12.4 Å². The molecule has 0 radical (unpaired) electrons. The van der Waals surface area contributed by atoms with Crippen molar-refractivity contribution in [1.82, 2.24) is 20.1 Å². The van der Waals surface area contributed by atoms with Gasteiger partial charge in [-0.1, -0.05) is 0 Å². The molecule has 3 N–H and O–H groups in total. The van der Waals surface area contributed by atoms with Gasteiger partial charge in [0.15, 0.2) is 12.0 Å². The Balaban J connectivity index is 1.29. The van der Waals surface area contributed by atoms with Crippen LogP contribution in [0.25, 0.3) is 10.4 Å². The largest absolute Gasteiger partial charge is 0.490 e. The summed E-state index contributed by atoms with van der Waals surface area (Å²) in [7, 11) is 0. The van der Waals surface area contributed by atoms with Gasteiger partial charge in [-0.15, -0.1) is 11.3 Å². The van der Waals surface area contributed by atoms with Crippen LogP contribution in [0.15, 0.2) is 30.5 Å². The number of rotatable bonds is 10. The number of alkyl carbamates (subject to hydrolysis) is 1. The molecular formula is C32H45N5O5S. The van der Waals surface area contributed by atoms with Crippen LogP contribution in [0, 0.1) is 6.92 Å². The van der Waals surface area contributed by atoms with Crippen LogP contribution in [0.4, 0.5) is 16.3 Å². The van der Waals surface area contributed by atoms with Crippen LogP contribution < -0.4 is 15.4 Å². The Labute approximate surface area is 258 Å². The van der Waals surface area contributed by atoms with Gasteiger partial charge in [0.25, 0.3) is 0 Å². The van der Waals surface area contributed by atoms with Crippen LogP contribution >= 0.6 is 11.3 Å². The molecule has 0 spiro atoms. The normalized spacial score (nSPS) is 21.0. The Kier molecular flexibility index (Phi) is 9.93. The molecule has 1 aliphatic carbocycles. The second-order valence-electron chi connectivity index (χ2n) is 12.6. The molecule has 1 aliphatic heterocycles. The summed E-state index contributed by atoms with van der Waals surface area (Å²) in [5.74, 6) is 1.77. The van der Waals surface area contributed by atoms with Crippen LogP contribution in [-0.4, -0.2) is 56.9 Å². The Bertz CT molecular complexity index is 1370. The van der Waals surface area contributed by atoms with Crippen molar-refractivity contribution >= 4 is 28.9 Å². The number of benzene rings is 1. The van der Waals surface area contributed by atoms with Crippen LogP contribution in [0.3, 0.4) is 0 Å². The number of aromatic nitrogens is 3. The standard InChI is InChI=1S/C32H45N5O5S/c1-20(2)42-31(38)35-23-11-9-22(10-12-23)30-33-18-27(43-30)25-14-13-24(17-26(25)41-19-32(4,5)39)34-28-16-21(3)37(36-28)29-8-6-7-15-40-29/h13-14,16-18,20,22-23,29,39H,6-12,15,19H2,1-5H3,(H,34,36)(H,35,38). The lowest BCUT2D eigenvalue weighted by Gasteiger charge is -2.28. The summed E-state index contributed by atoms with van der Waals surface area (Å²) in [6.45, 7) is 10.1. The molecule has 1 atom stereocenters. The summed E-state index contributed by atoms with van der Waals surface area (Å²) in [6.07, 6.45) is 8.35. The quantitative estimate of drug-likeness (QED) is 0.223. The zero-order valence-electron chi connectivity index (χ0n) is 25.9. The number of thiazole rings is 1. The fraction of sp³-hybridized carbons (Fsp3) is 0.594. The summed E-state index contributed by atoms with van der Waals surface area (Å²) in [6, 6.07) is 8.17. The number of amides is 1. The number of carbonyl (C=O) groups is 1. The van der Waals surface area contributed by atoms with Crippen LogP contribution in [0.1, 0.15) is 95.5 Å². The summed E-state index contributed by atoms with van der Waals surface area (Å²) >= 11 is 1.68. The van der Waals surface area contributed by atoms with E-state index in [1.165, 1.54) is 0 Å². The van der Waals surface area contributed by atoms with E-state index in [-0.39, 0.29) is 31.1 Å². The van der Waals surface area contributed by atoms with Crippen molar-refractivity contribution in [2.45, 2.75) is 109 Å². The Morgan fingerprint density at radius 3 is 2.67 bits per heavy atom. The minimum atomic E-state index is -0.982. The zero-order valence-corrected chi connectivity index (χ0v) is 26.7. The summed E-state index contributed by atoms with van der Waals surface area (Å²) < 4.78 is 19.3. The minimum Gasteiger partial charge on any atom is -0.490 e. The first-order chi connectivity index (χ1) is 20.5. The maximum Gasteiger partial charge on any atom is 0.407 e. The first kappa shape index (κ1) is 31.3. The lowest BCUT2D eigenvalue weighted by Crippen LogP contribution is -2.38. The molecule has 1 aromatic carbocycles. The number of anilines is 2. The van der Waals surface area contributed by atoms with E-state index >= 15 is 0 Å². The van der Waals surface area contributed by atoms with E-state index in [0.29, 0.717) is 11.7 Å². The number of nitrogens with one attached hydrogen (secondary N) is 2. The van der Waals surface area contributed by atoms with Crippen molar-refractivity contribution in [3.63, 3.8) is 0 Å². The van der Waals surface area contributed by atoms with Gasteiger partial charge in [-0.25, -0.2) is 14.5 Å². The highest BCUT2D eigenvalue weighted by molar-refractivity contribution is 7.15. The highest BCUT2D eigenvalue weighted by Crippen LogP contribution is 2.41. The predicted molar refractivity (Wildman–Crippen MR) is 168 cm³/mol. The third kappa shape index (κ3) is 8.49. The van der Waals surface area contributed by atoms with Crippen LogP contribution in [0.5, 0.6) is 5.75 Å². The number of ether oxygens (including phenoxy) is 3. The third-order valence-corrected chi connectivity index (χ3v) is 8.91. The van der Waals surface area contributed by atoms with Crippen LogP contribution in [-0.2, 0) is 9.47 Å². The van der Waals surface area contributed by atoms with Crippen molar-refractivity contribution < 1.29 is 24.1 Å². The van der Waals surface area contributed by atoms with E-state index < -0.39 is 5.60 Å². The Morgan fingerprint density at radius 2 is 1.98 bits per heavy atom. The molecule has 3 aromatic rings. The number of aliphatic hydroxyl groups is 1. The minimum absolute atomic E-state index is 0.0226. The number of hydrogen-bond donors (Lipinski definition) is 3. The van der Waals surface area contributed by atoms with Gasteiger partial charge in [-0.3, -0.25) is 0 Å². The fourth-order valence-corrected chi connectivity index (χ4v) is 6.70. The molecule has 11 heteroatoms. The van der Waals surface area contributed by atoms with Gasteiger partial charge in [0.2, 0.25) is 0 Å². The van der Waals surface area contributed by atoms with E-state index in [4.69, 9.17) is 24.3 Å². The highest BCUT2D eigenvalue weighted by Gasteiger charge is 2.27. The van der Waals surface area contributed by atoms with Crippen molar-refractivity contribution in [3.05, 3.63) is 41.2 Å². The topological polar surface area (TPSA) is 120 Å². The van der Waals surface area contributed by atoms with Gasteiger partial charge in [-0.2, -0.15) is 5.10 Å².